The van der Waals surface area contributed by atoms with Gasteiger partial charge in [-0.2, -0.15) is 5.10 Å². The molecular weight excluding hydrogens is 348 g/mol. The van der Waals surface area contributed by atoms with Crippen molar-refractivity contribution in [3.63, 3.8) is 0 Å². The number of hydrogen-bond donors (Lipinski definition) is 1. The fourth-order valence-corrected chi connectivity index (χ4v) is 4.70. The number of aryl methyl sites for hydroxylation is 2. The van der Waals surface area contributed by atoms with Crippen molar-refractivity contribution >= 4 is 23.2 Å². The molecule has 0 bridgehead atoms. The Morgan fingerprint density at radius 3 is 2.77 bits per heavy atom. The lowest BCUT2D eigenvalue weighted by Crippen LogP contribution is -2.34. The van der Waals surface area contributed by atoms with Crippen LogP contribution in [-0.2, 0) is 13.1 Å². The maximum atomic E-state index is 12.9. The highest BCUT2D eigenvalue weighted by atomic mass is 32.1. The molecule has 2 aromatic heterocycles. The zero-order valence-electron chi connectivity index (χ0n) is 15.0. The van der Waals surface area contributed by atoms with Gasteiger partial charge in [0.15, 0.2) is 0 Å². The second-order valence-electron chi connectivity index (χ2n) is 7.25. The molecule has 0 spiro atoms. The molecule has 26 heavy (non-hydrogen) atoms. The molecule has 2 amide bonds. The van der Waals surface area contributed by atoms with Gasteiger partial charge in [0.1, 0.15) is 0 Å². The van der Waals surface area contributed by atoms with Gasteiger partial charge in [-0.05, 0) is 43.2 Å². The maximum absolute atomic E-state index is 12.9. The number of fused-ring (bicyclic) bond motifs is 1. The number of amides is 2. The van der Waals surface area contributed by atoms with E-state index in [-0.39, 0.29) is 17.9 Å². The van der Waals surface area contributed by atoms with Gasteiger partial charge in [-0.25, -0.2) is 0 Å². The molecule has 7 heteroatoms. The lowest BCUT2D eigenvalue weighted by molar-refractivity contribution is 0.0747. The fraction of sp³-hybridized carbons (Fsp3) is 0.526. The minimum atomic E-state index is -0.0561. The van der Waals surface area contributed by atoms with E-state index in [4.69, 9.17) is 0 Å². The van der Waals surface area contributed by atoms with E-state index in [2.05, 4.69) is 10.4 Å². The summed E-state index contributed by atoms with van der Waals surface area (Å²) < 4.78 is 1.89. The molecule has 0 saturated heterocycles. The summed E-state index contributed by atoms with van der Waals surface area (Å²) in [5.74, 6) is -0.0145. The summed E-state index contributed by atoms with van der Waals surface area (Å²) in [4.78, 5) is 28.2. The van der Waals surface area contributed by atoms with E-state index in [1.807, 2.05) is 28.0 Å². The smallest absolute Gasteiger partial charge is 0.264 e. The fourth-order valence-electron chi connectivity index (χ4n) is 3.84. The Bertz CT molecular complexity index is 819. The predicted molar refractivity (Wildman–Crippen MR) is 100 cm³/mol. The van der Waals surface area contributed by atoms with Crippen molar-refractivity contribution in [2.75, 3.05) is 6.54 Å². The minimum Gasteiger partial charge on any atom is -0.349 e. The number of nitrogens with one attached hydrogen (secondary N) is 1. The quantitative estimate of drug-likeness (QED) is 0.901. The summed E-state index contributed by atoms with van der Waals surface area (Å²) in [6, 6.07) is 2.21. The SMILES string of the molecule is Cc1csc(C(=O)N2CCCn3ncc(C(=O)NC4CCCC4)c3C2)c1. The molecule has 1 N–H and O–H groups in total. The van der Waals surface area contributed by atoms with Crippen LogP contribution in [0.2, 0.25) is 0 Å². The number of hydrogen-bond acceptors (Lipinski definition) is 4. The Balaban J connectivity index is 1.54. The van der Waals surface area contributed by atoms with Gasteiger partial charge < -0.3 is 10.2 Å². The van der Waals surface area contributed by atoms with Gasteiger partial charge in [-0.1, -0.05) is 12.8 Å². The van der Waals surface area contributed by atoms with E-state index in [0.29, 0.717) is 18.7 Å². The summed E-state index contributed by atoms with van der Waals surface area (Å²) in [6.07, 6.45) is 6.96. The third-order valence-corrected chi connectivity index (χ3v) is 6.29. The van der Waals surface area contributed by atoms with Crippen LogP contribution in [0.25, 0.3) is 0 Å². The highest BCUT2D eigenvalue weighted by molar-refractivity contribution is 7.12. The highest BCUT2D eigenvalue weighted by Gasteiger charge is 2.27. The first-order chi connectivity index (χ1) is 12.6. The maximum Gasteiger partial charge on any atom is 0.264 e. The Morgan fingerprint density at radius 1 is 1.23 bits per heavy atom. The van der Waals surface area contributed by atoms with Crippen molar-refractivity contribution < 1.29 is 9.59 Å². The van der Waals surface area contributed by atoms with E-state index in [0.717, 1.165) is 41.9 Å². The van der Waals surface area contributed by atoms with Gasteiger partial charge in [-0.3, -0.25) is 14.3 Å². The molecule has 4 rings (SSSR count). The summed E-state index contributed by atoms with van der Waals surface area (Å²) in [7, 11) is 0. The van der Waals surface area contributed by atoms with Crippen molar-refractivity contribution in [2.24, 2.45) is 0 Å². The molecule has 1 aliphatic carbocycles. The first-order valence-electron chi connectivity index (χ1n) is 9.32. The van der Waals surface area contributed by atoms with Crippen LogP contribution in [0.1, 0.15) is 63.4 Å². The summed E-state index contributed by atoms with van der Waals surface area (Å²) >= 11 is 1.48. The summed E-state index contributed by atoms with van der Waals surface area (Å²) in [6.45, 7) is 3.85. The third kappa shape index (κ3) is 3.40. The Morgan fingerprint density at radius 2 is 2.04 bits per heavy atom. The van der Waals surface area contributed by atoms with E-state index < -0.39 is 0 Å². The second kappa shape index (κ2) is 7.23. The van der Waals surface area contributed by atoms with E-state index in [9.17, 15) is 9.59 Å². The molecule has 3 heterocycles. The zero-order chi connectivity index (χ0) is 18.1. The van der Waals surface area contributed by atoms with E-state index in [1.54, 1.807) is 6.20 Å². The largest absolute Gasteiger partial charge is 0.349 e. The van der Waals surface area contributed by atoms with Gasteiger partial charge in [0.2, 0.25) is 0 Å². The van der Waals surface area contributed by atoms with Crippen LogP contribution in [0.4, 0.5) is 0 Å². The van der Waals surface area contributed by atoms with Gasteiger partial charge in [0.25, 0.3) is 11.8 Å². The van der Waals surface area contributed by atoms with Crippen LogP contribution >= 0.6 is 11.3 Å². The van der Waals surface area contributed by atoms with E-state index >= 15 is 0 Å². The van der Waals surface area contributed by atoms with Crippen LogP contribution in [0.5, 0.6) is 0 Å². The molecule has 1 fully saturated rings. The molecule has 0 radical (unpaired) electrons. The first kappa shape index (κ1) is 17.3. The monoisotopic (exact) mass is 372 g/mol. The first-order valence-corrected chi connectivity index (χ1v) is 10.2. The predicted octanol–water partition coefficient (Wildman–Crippen LogP) is 2.97. The molecule has 0 unspecified atom stereocenters. The van der Waals surface area contributed by atoms with Crippen molar-refractivity contribution in [2.45, 2.75) is 58.2 Å². The number of thiophene rings is 1. The van der Waals surface area contributed by atoms with Crippen LogP contribution < -0.4 is 5.32 Å². The van der Waals surface area contributed by atoms with Crippen LogP contribution in [0.15, 0.2) is 17.6 Å². The van der Waals surface area contributed by atoms with Gasteiger partial charge >= 0.3 is 0 Å². The van der Waals surface area contributed by atoms with Crippen LogP contribution in [0.3, 0.4) is 0 Å². The van der Waals surface area contributed by atoms with Gasteiger partial charge in [0.05, 0.1) is 28.9 Å². The minimum absolute atomic E-state index is 0.0416. The number of carbonyl (C=O) groups excluding carboxylic acids is 2. The van der Waals surface area contributed by atoms with Crippen LogP contribution in [-0.4, -0.2) is 39.1 Å². The van der Waals surface area contributed by atoms with Crippen molar-refractivity contribution in [3.8, 4) is 0 Å². The number of nitrogens with zero attached hydrogens (tertiary/aromatic N) is 3. The Hall–Kier alpha value is -2.15. The van der Waals surface area contributed by atoms with Crippen molar-refractivity contribution in [3.05, 3.63) is 39.3 Å². The molecule has 138 valence electrons. The summed E-state index contributed by atoms with van der Waals surface area (Å²) in [5, 5.41) is 9.54. The van der Waals surface area contributed by atoms with Gasteiger partial charge in [-0.15, -0.1) is 11.3 Å². The number of rotatable bonds is 3. The van der Waals surface area contributed by atoms with Crippen molar-refractivity contribution in [1.82, 2.24) is 20.0 Å². The second-order valence-corrected chi connectivity index (χ2v) is 8.16. The number of carbonyl (C=O) groups is 2. The zero-order valence-corrected chi connectivity index (χ0v) is 15.8. The third-order valence-electron chi connectivity index (χ3n) is 5.25. The van der Waals surface area contributed by atoms with Crippen LogP contribution in [0, 0.1) is 6.92 Å². The molecule has 0 atom stereocenters. The Kier molecular flexibility index (Phi) is 4.80. The Labute approximate surface area is 157 Å². The highest BCUT2D eigenvalue weighted by Crippen LogP contribution is 2.23. The van der Waals surface area contributed by atoms with E-state index in [1.165, 1.54) is 24.2 Å². The van der Waals surface area contributed by atoms with Gasteiger partial charge in [0, 0.05) is 19.1 Å². The molecule has 0 aromatic carbocycles. The molecule has 2 aromatic rings. The molecule has 6 nitrogen and oxygen atoms in total. The van der Waals surface area contributed by atoms with Crippen molar-refractivity contribution in [1.29, 1.82) is 0 Å². The average Bonchev–Trinajstić information content (AvgIpc) is 3.34. The topological polar surface area (TPSA) is 67.2 Å². The standard InChI is InChI=1S/C19H24N4O2S/c1-13-9-17(26-12-13)19(25)22-7-4-8-23-16(11-22)15(10-20-23)18(24)21-14-5-2-3-6-14/h9-10,12,14H,2-8,11H2,1H3,(H,21,24). The molecule has 1 aliphatic heterocycles. The summed E-state index contributed by atoms with van der Waals surface area (Å²) in [5.41, 5.74) is 2.56. The lowest BCUT2D eigenvalue weighted by atomic mass is 10.2. The average molecular weight is 372 g/mol. The normalized spacial score (nSPS) is 17.8. The molecule has 1 saturated carbocycles. The number of aromatic nitrogens is 2. The lowest BCUT2D eigenvalue weighted by Gasteiger charge is -2.20. The molecular formula is C19H24N4O2S. The molecule has 2 aliphatic rings.